The molecule has 0 radical (unpaired) electrons. The summed E-state index contributed by atoms with van der Waals surface area (Å²) in [5.41, 5.74) is 11.6. The number of ether oxygens (including phenoxy) is 2. The Balaban J connectivity index is 1.37. The summed E-state index contributed by atoms with van der Waals surface area (Å²) >= 11 is 0. The number of benzene rings is 6. The van der Waals surface area contributed by atoms with Crippen molar-refractivity contribution in [3.63, 3.8) is 0 Å². The summed E-state index contributed by atoms with van der Waals surface area (Å²) in [5.74, 6) is 3.52. The highest BCUT2D eigenvalue weighted by Crippen LogP contribution is 2.42. The predicted molar refractivity (Wildman–Crippen MR) is 165 cm³/mol. The Bertz CT molecular complexity index is 1910. The van der Waals surface area contributed by atoms with E-state index in [1.54, 1.807) is 0 Å². The van der Waals surface area contributed by atoms with Gasteiger partial charge in [0.25, 0.3) is 6.71 Å². The maximum atomic E-state index is 6.84. The van der Waals surface area contributed by atoms with E-state index in [9.17, 15) is 0 Å². The van der Waals surface area contributed by atoms with E-state index in [0.717, 1.165) is 56.1 Å². The molecule has 0 atom stereocenters. The van der Waals surface area contributed by atoms with Crippen molar-refractivity contribution >= 4 is 23.1 Å². The Hall–Kier alpha value is -5.02. The fourth-order valence-electron chi connectivity index (χ4n) is 6.21. The lowest BCUT2D eigenvalue weighted by molar-refractivity contribution is 0.466. The predicted octanol–water partition coefficient (Wildman–Crippen LogP) is 7.72. The molecular weight excluding hydrogens is 487 g/mol. The van der Waals surface area contributed by atoms with Gasteiger partial charge in [0.2, 0.25) is 0 Å². The first kappa shape index (κ1) is 22.9. The molecule has 0 spiro atoms. The van der Waals surface area contributed by atoms with Crippen molar-refractivity contribution in [3.8, 4) is 56.4 Å². The zero-order chi connectivity index (χ0) is 26.6. The number of rotatable bonds is 3. The van der Waals surface area contributed by atoms with Gasteiger partial charge in [0.05, 0.1) is 0 Å². The van der Waals surface area contributed by atoms with Crippen LogP contribution in [0.4, 0.5) is 0 Å². The van der Waals surface area contributed by atoms with Crippen LogP contribution >= 0.6 is 0 Å². The molecule has 40 heavy (non-hydrogen) atoms. The van der Waals surface area contributed by atoms with Crippen LogP contribution in [-0.2, 0) is 0 Å². The minimum absolute atomic E-state index is 0.00467. The van der Waals surface area contributed by atoms with E-state index in [0.29, 0.717) is 0 Å². The molecule has 6 aromatic rings. The molecule has 188 valence electrons. The maximum absolute atomic E-state index is 6.84. The van der Waals surface area contributed by atoms with Crippen molar-refractivity contribution in [1.82, 2.24) is 0 Å². The van der Waals surface area contributed by atoms with Crippen molar-refractivity contribution in [2.45, 2.75) is 6.92 Å². The molecule has 8 rings (SSSR count). The van der Waals surface area contributed by atoms with E-state index in [4.69, 9.17) is 9.47 Å². The summed E-state index contributed by atoms with van der Waals surface area (Å²) in [5, 5.41) is 0. The molecule has 0 fully saturated rings. The number of hydrogen-bond donors (Lipinski definition) is 0. The van der Waals surface area contributed by atoms with E-state index >= 15 is 0 Å². The van der Waals surface area contributed by atoms with E-state index in [2.05, 4.69) is 128 Å². The largest absolute Gasteiger partial charge is 0.458 e. The third kappa shape index (κ3) is 3.59. The normalized spacial score (nSPS) is 12.5. The van der Waals surface area contributed by atoms with Crippen LogP contribution in [0.25, 0.3) is 33.4 Å². The second-order valence-electron chi connectivity index (χ2n) is 10.5. The Morgan fingerprint density at radius 3 is 1.95 bits per heavy atom. The Morgan fingerprint density at radius 2 is 1.15 bits per heavy atom. The third-order valence-electron chi connectivity index (χ3n) is 8.17. The molecule has 2 aliphatic rings. The molecule has 2 aliphatic heterocycles. The second-order valence-corrected chi connectivity index (χ2v) is 10.5. The minimum Gasteiger partial charge on any atom is -0.458 e. The molecule has 6 aromatic carbocycles. The maximum Gasteiger partial charge on any atom is 0.260 e. The first-order valence-electron chi connectivity index (χ1n) is 13.7. The lowest BCUT2D eigenvalue weighted by Gasteiger charge is -2.34. The highest BCUT2D eigenvalue weighted by Gasteiger charge is 2.41. The standard InChI is InChI=1S/C37H25BO2/c1-24-10-8-9-15-29(24)28-17-20-33-32(22-28)38-31-19-16-27(25-11-4-2-5-12-25)23-35(31)40-37-30(26-13-6-3-7-14-26)18-21-34(39-33)36(37)38/h2-23H,1H3. The van der Waals surface area contributed by atoms with Gasteiger partial charge in [-0.15, -0.1) is 0 Å². The van der Waals surface area contributed by atoms with Gasteiger partial charge in [-0.3, -0.25) is 0 Å². The van der Waals surface area contributed by atoms with Crippen LogP contribution in [0.15, 0.2) is 133 Å². The Morgan fingerprint density at radius 1 is 0.450 bits per heavy atom. The van der Waals surface area contributed by atoms with Crippen molar-refractivity contribution in [3.05, 3.63) is 139 Å². The van der Waals surface area contributed by atoms with Crippen LogP contribution in [0.3, 0.4) is 0 Å². The van der Waals surface area contributed by atoms with E-state index in [1.165, 1.54) is 22.3 Å². The molecule has 2 heterocycles. The molecule has 0 saturated carbocycles. The number of hydrogen-bond acceptors (Lipinski definition) is 2. The number of aryl methyl sites for hydroxylation is 1. The molecule has 0 N–H and O–H groups in total. The Labute approximate surface area is 234 Å². The smallest absolute Gasteiger partial charge is 0.260 e. The lowest BCUT2D eigenvalue weighted by Crippen LogP contribution is -2.57. The molecule has 0 aromatic heterocycles. The van der Waals surface area contributed by atoms with Gasteiger partial charge in [-0.25, -0.2) is 0 Å². The van der Waals surface area contributed by atoms with E-state index in [-0.39, 0.29) is 6.71 Å². The van der Waals surface area contributed by atoms with Gasteiger partial charge in [0.15, 0.2) is 0 Å². The van der Waals surface area contributed by atoms with Gasteiger partial charge in [0.1, 0.15) is 23.0 Å². The summed E-state index contributed by atoms with van der Waals surface area (Å²) in [6.07, 6.45) is 0. The van der Waals surface area contributed by atoms with Crippen molar-refractivity contribution in [2.24, 2.45) is 0 Å². The quantitative estimate of drug-likeness (QED) is 0.226. The monoisotopic (exact) mass is 512 g/mol. The van der Waals surface area contributed by atoms with E-state index in [1.807, 2.05) is 12.1 Å². The van der Waals surface area contributed by atoms with Gasteiger partial charge in [-0.1, -0.05) is 109 Å². The van der Waals surface area contributed by atoms with Crippen molar-refractivity contribution in [2.75, 3.05) is 0 Å². The van der Waals surface area contributed by atoms with Gasteiger partial charge < -0.3 is 9.47 Å². The summed E-state index contributed by atoms with van der Waals surface area (Å²) in [7, 11) is 0. The van der Waals surface area contributed by atoms with Crippen LogP contribution < -0.4 is 25.9 Å². The third-order valence-corrected chi connectivity index (χ3v) is 8.17. The zero-order valence-corrected chi connectivity index (χ0v) is 22.1. The van der Waals surface area contributed by atoms with Crippen molar-refractivity contribution in [1.29, 1.82) is 0 Å². The average molecular weight is 512 g/mol. The van der Waals surface area contributed by atoms with Crippen LogP contribution in [0.5, 0.6) is 23.0 Å². The molecule has 0 bridgehead atoms. The Kier molecular flexibility index (Phi) is 5.18. The highest BCUT2D eigenvalue weighted by atomic mass is 16.5. The highest BCUT2D eigenvalue weighted by molar-refractivity contribution is 6.98. The van der Waals surface area contributed by atoms with Crippen molar-refractivity contribution < 1.29 is 9.47 Å². The molecule has 0 saturated heterocycles. The minimum atomic E-state index is -0.00467. The van der Waals surface area contributed by atoms with E-state index < -0.39 is 0 Å². The van der Waals surface area contributed by atoms with Gasteiger partial charge in [-0.2, -0.15) is 0 Å². The SMILES string of the molecule is Cc1ccccc1-c1ccc2c(c1)B1c3ccc(-c4ccccc4)cc3Oc3c(-c4ccccc4)ccc(c31)O2. The first-order valence-corrected chi connectivity index (χ1v) is 13.7. The average Bonchev–Trinajstić information content (AvgIpc) is 3.01. The summed E-state index contributed by atoms with van der Waals surface area (Å²) in [6, 6.07) is 47.0. The molecular formula is C37H25BO2. The second kappa shape index (κ2) is 9.03. The first-order chi connectivity index (χ1) is 19.7. The van der Waals surface area contributed by atoms with Crippen LogP contribution in [0.2, 0.25) is 0 Å². The molecule has 0 aliphatic carbocycles. The van der Waals surface area contributed by atoms with Crippen LogP contribution in [-0.4, -0.2) is 6.71 Å². The molecule has 0 amide bonds. The summed E-state index contributed by atoms with van der Waals surface area (Å²) in [4.78, 5) is 0. The van der Waals surface area contributed by atoms with Crippen LogP contribution in [0.1, 0.15) is 5.56 Å². The molecule has 3 heteroatoms. The summed E-state index contributed by atoms with van der Waals surface area (Å²) < 4.78 is 13.4. The van der Waals surface area contributed by atoms with Crippen LogP contribution in [0, 0.1) is 6.92 Å². The van der Waals surface area contributed by atoms with Gasteiger partial charge >= 0.3 is 0 Å². The fraction of sp³-hybridized carbons (Fsp3) is 0.0270. The topological polar surface area (TPSA) is 18.5 Å². The van der Waals surface area contributed by atoms with Gasteiger partial charge in [-0.05, 0) is 75.5 Å². The molecule has 0 unspecified atom stereocenters. The van der Waals surface area contributed by atoms with Gasteiger partial charge in [0, 0.05) is 11.0 Å². The number of fused-ring (bicyclic) bond motifs is 4. The zero-order valence-electron chi connectivity index (χ0n) is 22.1. The summed E-state index contributed by atoms with van der Waals surface area (Å²) in [6.45, 7) is 2.16. The molecule has 2 nitrogen and oxygen atoms in total. The lowest BCUT2D eigenvalue weighted by atomic mass is 9.34. The fourth-order valence-corrected chi connectivity index (χ4v) is 6.21.